The second-order valence-corrected chi connectivity index (χ2v) is 7.57. The Labute approximate surface area is 166 Å². The third kappa shape index (κ3) is 3.92. The van der Waals surface area contributed by atoms with Gasteiger partial charge in [-0.05, 0) is 0 Å². The van der Waals surface area contributed by atoms with Crippen molar-refractivity contribution >= 4 is 50.7 Å². The number of aliphatic hydroxyl groups is 3. The third-order valence-corrected chi connectivity index (χ3v) is 5.57. The maximum atomic E-state index is 11.5. The summed E-state index contributed by atoms with van der Waals surface area (Å²) in [6.07, 6.45) is -5.39. The number of amides is 1. The van der Waals surface area contributed by atoms with E-state index in [9.17, 15) is 24.9 Å². The number of fused-ring (bicyclic) bond motifs is 1. The van der Waals surface area contributed by atoms with Crippen LogP contribution in [0, 0.1) is 0 Å². The number of rotatable bonds is 4. The Balaban J connectivity index is 1.97. The summed E-state index contributed by atoms with van der Waals surface area (Å²) in [4.78, 5) is 22.3. The Morgan fingerprint density at radius 3 is 2.67 bits per heavy atom. The predicted octanol–water partition coefficient (Wildman–Crippen LogP) is 0.484. The summed E-state index contributed by atoms with van der Waals surface area (Å²) in [5.41, 5.74) is 0.107. The third-order valence-electron chi connectivity index (χ3n) is 3.97. The van der Waals surface area contributed by atoms with E-state index < -0.39 is 48.1 Å². The molecule has 1 saturated heterocycles. The molecule has 3 rings (SSSR count). The Kier molecular flexibility index (Phi) is 5.96. The van der Waals surface area contributed by atoms with Crippen molar-refractivity contribution in [3.8, 4) is 5.75 Å². The zero-order valence-corrected chi connectivity index (χ0v) is 16.0. The van der Waals surface area contributed by atoms with E-state index in [1.165, 1.54) is 13.0 Å². The highest BCUT2D eigenvalue weighted by atomic mass is 35.5. The van der Waals surface area contributed by atoms with Gasteiger partial charge in [0.1, 0.15) is 40.1 Å². The zero-order chi connectivity index (χ0) is 19.9. The van der Waals surface area contributed by atoms with Crippen molar-refractivity contribution in [1.29, 1.82) is 0 Å². The van der Waals surface area contributed by atoms with Gasteiger partial charge in [-0.1, -0.05) is 34.5 Å². The second kappa shape index (κ2) is 7.92. The number of hydrogen-bond donors (Lipinski definition) is 4. The molecule has 1 aliphatic rings. The Morgan fingerprint density at radius 1 is 1.33 bits per heavy atom. The van der Waals surface area contributed by atoms with Gasteiger partial charge < -0.3 is 34.5 Å². The van der Waals surface area contributed by atoms with Crippen molar-refractivity contribution in [2.24, 2.45) is 0 Å². The lowest BCUT2D eigenvalue weighted by molar-refractivity contribution is -0.244. The minimum atomic E-state index is -1.48. The number of halogens is 2. The number of carbonyl (C=O) groups excluding carboxylic acids is 1. The Bertz CT molecular complexity index is 915. The summed E-state index contributed by atoms with van der Waals surface area (Å²) in [7, 11) is 0. The van der Waals surface area contributed by atoms with Crippen molar-refractivity contribution in [2.75, 3.05) is 6.61 Å². The highest BCUT2D eigenvalue weighted by Crippen LogP contribution is 2.40. The number of hydrogen-bond acceptors (Lipinski definition) is 9. The summed E-state index contributed by atoms with van der Waals surface area (Å²) in [6, 6.07) is 0.243. The van der Waals surface area contributed by atoms with Crippen LogP contribution in [0.1, 0.15) is 6.92 Å². The normalized spacial score (nSPS) is 28.3. The molecule has 5 atom stereocenters. The van der Waals surface area contributed by atoms with Crippen molar-refractivity contribution < 1.29 is 34.0 Å². The molecular weight excluding hydrogens is 425 g/mol. The standard InChI is InChI=1S/C15H15Cl2NO8S/c1-4(20)18-10-12(22)11(21)6(3-19)25-14(10)24-5-2-7-13(9(17)8(5)16)26-15(23)27-7/h2,6,10-12,14,19,21-22H,3H2,1H3,(H,18,20)/t6-,10-,11+,12+,14+/m1/s1. The number of benzene rings is 1. The van der Waals surface area contributed by atoms with Crippen LogP contribution in [0.4, 0.5) is 0 Å². The molecule has 12 heteroatoms. The maximum Gasteiger partial charge on any atom is 0.396 e. The van der Waals surface area contributed by atoms with Crippen LogP contribution < -0.4 is 15.0 Å². The first kappa shape index (κ1) is 20.3. The molecule has 1 amide bonds. The molecule has 4 N–H and O–H groups in total. The first-order valence-electron chi connectivity index (χ1n) is 7.70. The SMILES string of the molecule is CC(=O)N[C@H]1[C@@H](Oc2cc3sc(=O)oc3c(Cl)c2Cl)O[C@H](CO)[C@H](O)[C@H]1O. The van der Waals surface area contributed by atoms with E-state index in [0.29, 0.717) is 4.70 Å². The molecule has 0 spiro atoms. The molecule has 9 nitrogen and oxygen atoms in total. The quantitative estimate of drug-likeness (QED) is 0.539. The van der Waals surface area contributed by atoms with Gasteiger partial charge in [0.15, 0.2) is 5.58 Å². The van der Waals surface area contributed by atoms with Gasteiger partial charge in [0, 0.05) is 13.0 Å². The van der Waals surface area contributed by atoms with Crippen LogP contribution in [-0.4, -0.2) is 58.5 Å². The van der Waals surface area contributed by atoms with E-state index in [4.69, 9.17) is 37.1 Å². The van der Waals surface area contributed by atoms with Crippen LogP contribution >= 0.6 is 34.5 Å². The molecule has 0 bridgehead atoms. The van der Waals surface area contributed by atoms with Gasteiger partial charge in [-0.2, -0.15) is 0 Å². The predicted molar refractivity (Wildman–Crippen MR) is 96.4 cm³/mol. The van der Waals surface area contributed by atoms with Crippen LogP contribution in [-0.2, 0) is 9.53 Å². The highest BCUT2D eigenvalue weighted by Gasteiger charge is 2.46. The van der Waals surface area contributed by atoms with Crippen molar-refractivity contribution in [2.45, 2.75) is 37.6 Å². The van der Waals surface area contributed by atoms with Crippen molar-refractivity contribution in [3.05, 3.63) is 25.8 Å². The van der Waals surface area contributed by atoms with Crippen LogP contribution in [0.15, 0.2) is 15.3 Å². The van der Waals surface area contributed by atoms with Crippen LogP contribution in [0.5, 0.6) is 5.75 Å². The second-order valence-electron chi connectivity index (χ2n) is 5.83. The average Bonchev–Trinajstić information content (AvgIpc) is 2.99. The molecule has 1 fully saturated rings. The molecule has 1 aromatic heterocycles. The molecule has 2 aromatic rings. The van der Waals surface area contributed by atoms with Crippen molar-refractivity contribution in [3.63, 3.8) is 0 Å². The van der Waals surface area contributed by atoms with E-state index >= 15 is 0 Å². The summed E-state index contributed by atoms with van der Waals surface area (Å²) in [5.74, 6) is -0.495. The van der Waals surface area contributed by atoms with Crippen LogP contribution in [0.2, 0.25) is 10.0 Å². The number of nitrogens with one attached hydrogen (secondary N) is 1. The smallest absolute Gasteiger partial charge is 0.396 e. The van der Waals surface area contributed by atoms with Crippen LogP contribution in [0.25, 0.3) is 10.3 Å². The lowest BCUT2D eigenvalue weighted by atomic mass is 9.97. The van der Waals surface area contributed by atoms with E-state index in [1.54, 1.807) is 0 Å². The number of carbonyl (C=O) groups is 1. The van der Waals surface area contributed by atoms with Gasteiger partial charge in [-0.15, -0.1) is 0 Å². The first-order valence-corrected chi connectivity index (χ1v) is 9.28. The first-order chi connectivity index (χ1) is 12.7. The topological polar surface area (TPSA) is 138 Å². The minimum Gasteiger partial charge on any atom is -0.461 e. The van der Waals surface area contributed by atoms with E-state index in [-0.39, 0.29) is 21.4 Å². The van der Waals surface area contributed by atoms with Gasteiger partial charge in [0.05, 0.1) is 11.3 Å². The van der Waals surface area contributed by atoms with Crippen LogP contribution in [0.3, 0.4) is 0 Å². The fraction of sp³-hybridized carbons (Fsp3) is 0.467. The molecule has 0 unspecified atom stereocenters. The molecule has 27 heavy (non-hydrogen) atoms. The molecule has 0 saturated carbocycles. The summed E-state index contributed by atoms with van der Waals surface area (Å²) in [6.45, 7) is 0.620. The summed E-state index contributed by atoms with van der Waals surface area (Å²) in [5, 5.41) is 32.0. The molecule has 0 radical (unpaired) electrons. The van der Waals surface area contributed by atoms with Gasteiger partial charge in [0.2, 0.25) is 12.2 Å². The molecule has 148 valence electrons. The molecular formula is C15H15Cl2NO8S. The number of aliphatic hydroxyl groups excluding tert-OH is 3. The Morgan fingerprint density at radius 2 is 2.04 bits per heavy atom. The van der Waals surface area contributed by atoms with Crippen molar-refractivity contribution in [1.82, 2.24) is 5.32 Å². The van der Waals surface area contributed by atoms with Gasteiger partial charge in [0.25, 0.3) is 0 Å². The zero-order valence-electron chi connectivity index (χ0n) is 13.7. The lowest BCUT2D eigenvalue weighted by Gasteiger charge is -2.42. The maximum absolute atomic E-state index is 11.5. The monoisotopic (exact) mass is 439 g/mol. The lowest BCUT2D eigenvalue weighted by Crippen LogP contribution is -2.65. The van der Waals surface area contributed by atoms with Gasteiger partial charge in [-0.25, -0.2) is 4.79 Å². The molecule has 1 aromatic carbocycles. The van der Waals surface area contributed by atoms with E-state index in [0.717, 1.165) is 11.3 Å². The minimum absolute atomic E-state index is 0.00634. The van der Waals surface area contributed by atoms with E-state index in [1.807, 2.05) is 0 Å². The molecule has 1 aliphatic heterocycles. The fourth-order valence-corrected chi connectivity index (χ4v) is 3.89. The fourth-order valence-electron chi connectivity index (χ4n) is 2.71. The number of ether oxygens (including phenoxy) is 2. The summed E-state index contributed by atoms with van der Waals surface area (Å²) < 4.78 is 16.5. The Hall–Kier alpha value is -1.40. The molecule has 2 heterocycles. The van der Waals surface area contributed by atoms with E-state index in [2.05, 4.69) is 5.32 Å². The average molecular weight is 440 g/mol. The van der Waals surface area contributed by atoms with Gasteiger partial charge in [-0.3, -0.25) is 4.79 Å². The van der Waals surface area contributed by atoms with Gasteiger partial charge >= 0.3 is 4.94 Å². The molecule has 0 aliphatic carbocycles. The summed E-state index contributed by atoms with van der Waals surface area (Å²) >= 11 is 13.1. The largest absolute Gasteiger partial charge is 0.461 e. The highest BCUT2D eigenvalue weighted by molar-refractivity contribution is 7.16.